The van der Waals surface area contributed by atoms with E-state index in [4.69, 9.17) is 23.2 Å². The minimum atomic E-state index is -0.0396. The summed E-state index contributed by atoms with van der Waals surface area (Å²) in [6, 6.07) is 13.2. The predicted molar refractivity (Wildman–Crippen MR) is 101 cm³/mol. The molecule has 0 aliphatic heterocycles. The SMILES string of the molecule is Oc1ccc2ccc(O)c(N=Nc3ccc4nc(Cl)c(Cl)nc4c3)c2c1. The van der Waals surface area contributed by atoms with E-state index < -0.39 is 0 Å². The molecule has 128 valence electrons. The lowest BCUT2D eigenvalue weighted by atomic mass is 10.1. The Morgan fingerprint density at radius 1 is 0.769 bits per heavy atom. The van der Waals surface area contributed by atoms with Gasteiger partial charge in [-0.1, -0.05) is 35.3 Å². The molecule has 3 aromatic carbocycles. The Labute approximate surface area is 157 Å². The van der Waals surface area contributed by atoms with Crippen molar-refractivity contribution in [3.8, 4) is 11.5 Å². The van der Waals surface area contributed by atoms with Gasteiger partial charge in [0.15, 0.2) is 10.3 Å². The molecule has 8 heteroatoms. The van der Waals surface area contributed by atoms with Crippen molar-refractivity contribution in [2.24, 2.45) is 10.2 Å². The third-order valence-electron chi connectivity index (χ3n) is 3.79. The summed E-state index contributed by atoms with van der Waals surface area (Å²) in [6.07, 6.45) is 0. The number of halogens is 2. The number of rotatable bonds is 2. The van der Waals surface area contributed by atoms with Crippen LogP contribution in [-0.2, 0) is 0 Å². The predicted octanol–water partition coefficient (Wildman–Crippen LogP) is 5.92. The Bertz CT molecular complexity index is 1190. The maximum atomic E-state index is 10.1. The summed E-state index contributed by atoms with van der Waals surface area (Å²) in [7, 11) is 0. The fraction of sp³-hybridized carbons (Fsp3) is 0. The maximum absolute atomic E-state index is 10.1. The van der Waals surface area contributed by atoms with E-state index in [0.717, 1.165) is 5.39 Å². The van der Waals surface area contributed by atoms with Gasteiger partial charge in [0, 0.05) is 5.39 Å². The highest BCUT2D eigenvalue weighted by Crippen LogP contribution is 2.37. The minimum Gasteiger partial charge on any atom is -0.508 e. The zero-order valence-corrected chi connectivity index (χ0v) is 14.6. The zero-order valence-electron chi connectivity index (χ0n) is 13.1. The highest BCUT2D eigenvalue weighted by molar-refractivity contribution is 6.40. The molecule has 2 N–H and O–H groups in total. The van der Waals surface area contributed by atoms with Crippen LogP contribution in [0.4, 0.5) is 11.4 Å². The lowest BCUT2D eigenvalue weighted by Crippen LogP contribution is -1.86. The quantitative estimate of drug-likeness (QED) is 0.419. The van der Waals surface area contributed by atoms with E-state index in [1.807, 2.05) is 0 Å². The third-order valence-corrected chi connectivity index (χ3v) is 4.41. The summed E-state index contributed by atoms with van der Waals surface area (Å²) in [4.78, 5) is 8.29. The van der Waals surface area contributed by atoms with Crippen LogP contribution in [0.2, 0.25) is 10.3 Å². The molecule has 26 heavy (non-hydrogen) atoms. The second-order valence-electron chi connectivity index (χ2n) is 5.52. The number of aromatic nitrogens is 2. The lowest BCUT2D eigenvalue weighted by Gasteiger charge is -2.05. The largest absolute Gasteiger partial charge is 0.508 e. The molecule has 0 saturated heterocycles. The van der Waals surface area contributed by atoms with Crippen molar-refractivity contribution >= 4 is 56.4 Å². The molecule has 4 rings (SSSR count). The van der Waals surface area contributed by atoms with Crippen LogP contribution in [0.5, 0.6) is 11.5 Å². The third kappa shape index (κ3) is 3.00. The first-order valence-electron chi connectivity index (χ1n) is 7.50. The van der Waals surface area contributed by atoms with E-state index in [0.29, 0.717) is 22.1 Å². The van der Waals surface area contributed by atoms with Crippen molar-refractivity contribution < 1.29 is 10.2 Å². The average molecular weight is 385 g/mol. The van der Waals surface area contributed by atoms with Gasteiger partial charge in [-0.05, 0) is 41.8 Å². The Kier molecular flexibility index (Phi) is 4.06. The molecular weight excluding hydrogens is 375 g/mol. The molecule has 0 aliphatic rings. The molecule has 0 atom stereocenters. The van der Waals surface area contributed by atoms with Crippen LogP contribution < -0.4 is 0 Å². The normalized spacial score (nSPS) is 11.6. The Balaban J connectivity index is 1.80. The molecular formula is C18H10Cl2N4O2. The topological polar surface area (TPSA) is 91.0 Å². The fourth-order valence-electron chi connectivity index (χ4n) is 2.56. The van der Waals surface area contributed by atoms with Crippen LogP contribution in [0.15, 0.2) is 58.8 Å². The number of fused-ring (bicyclic) bond motifs is 2. The van der Waals surface area contributed by atoms with Gasteiger partial charge >= 0.3 is 0 Å². The zero-order chi connectivity index (χ0) is 18.3. The first-order valence-corrected chi connectivity index (χ1v) is 8.26. The number of hydrogen-bond acceptors (Lipinski definition) is 6. The smallest absolute Gasteiger partial charge is 0.167 e. The summed E-state index contributed by atoms with van der Waals surface area (Å²) >= 11 is 11.8. The van der Waals surface area contributed by atoms with Crippen LogP contribution in [0.1, 0.15) is 0 Å². The maximum Gasteiger partial charge on any atom is 0.167 e. The fourth-order valence-corrected chi connectivity index (χ4v) is 2.82. The van der Waals surface area contributed by atoms with E-state index in [9.17, 15) is 10.2 Å². The molecule has 0 saturated carbocycles. The number of hydrogen-bond donors (Lipinski definition) is 2. The van der Waals surface area contributed by atoms with Crippen molar-refractivity contribution in [2.45, 2.75) is 0 Å². The van der Waals surface area contributed by atoms with Crippen molar-refractivity contribution in [3.63, 3.8) is 0 Å². The van der Waals surface area contributed by atoms with Gasteiger partial charge in [0.25, 0.3) is 0 Å². The van der Waals surface area contributed by atoms with E-state index in [1.165, 1.54) is 12.1 Å². The molecule has 0 radical (unpaired) electrons. The molecule has 0 fully saturated rings. The molecule has 0 amide bonds. The van der Waals surface area contributed by atoms with Crippen molar-refractivity contribution in [1.82, 2.24) is 9.97 Å². The number of benzene rings is 3. The highest BCUT2D eigenvalue weighted by atomic mass is 35.5. The van der Waals surface area contributed by atoms with Crippen molar-refractivity contribution in [2.75, 3.05) is 0 Å². The van der Waals surface area contributed by atoms with Crippen LogP contribution >= 0.6 is 23.2 Å². The molecule has 4 aromatic rings. The molecule has 0 aliphatic carbocycles. The molecule has 0 unspecified atom stereocenters. The summed E-state index contributed by atoms with van der Waals surface area (Å²) in [5, 5.41) is 29.8. The Morgan fingerprint density at radius 3 is 2.31 bits per heavy atom. The monoisotopic (exact) mass is 384 g/mol. The molecule has 1 aromatic heterocycles. The van der Waals surface area contributed by atoms with Gasteiger partial charge in [-0.25, -0.2) is 9.97 Å². The summed E-state index contributed by atoms with van der Waals surface area (Å²) in [6.45, 7) is 0. The Hall–Kier alpha value is -2.96. The van der Waals surface area contributed by atoms with Gasteiger partial charge in [0.05, 0.1) is 16.7 Å². The van der Waals surface area contributed by atoms with E-state index in [1.54, 1.807) is 36.4 Å². The number of phenolic OH excluding ortho intramolecular Hbond substituents is 2. The van der Waals surface area contributed by atoms with E-state index >= 15 is 0 Å². The molecule has 0 bridgehead atoms. The summed E-state index contributed by atoms with van der Waals surface area (Å²) < 4.78 is 0. The lowest BCUT2D eigenvalue weighted by molar-refractivity contribution is 0.475. The van der Waals surface area contributed by atoms with E-state index in [-0.39, 0.29) is 27.5 Å². The molecule has 6 nitrogen and oxygen atoms in total. The first-order chi connectivity index (χ1) is 12.5. The second kappa shape index (κ2) is 6.40. The van der Waals surface area contributed by atoms with E-state index in [2.05, 4.69) is 20.2 Å². The highest BCUT2D eigenvalue weighted by Gasteiger charge is 2.08. The number of aromatic hydroxyl groups is 2. The van der Waals surface area contributed by atoms with Gasteiger partial charge in [-0.2, -0.15) is 5.11 Å². The van der Waals surface area contributed by atoms with Crippen LogP contribution in [0.25, 0.3) is 21.8 Å². The minimum absolute atomic E-state index is 0.0396. The van der Waals surface area contributed by atoms with Gasteiger partial charge in [-0.15, -0.1) is 5.11 Å². The molecule has 0 spiro atoms. The van der Waals surface area contributed by atoms with Crippen molar-refractivity contribution in [1.29, 1.82) is 0 Å². The molecule has 1 heterocycles. The number of phenols is 2. The van der Waals surface area contributed by atoms with Crippen molar-refractivity contribution in [3.05, 3.63) is 58.8 Å². The summed E-state index contributed by atoms with van der Waals surface area (Å²) in [5.41, 5.74) is 1.87. The van der Waals surface area contributed by atoms with Crippen LogP contribution in [0.3, 0.4) is 0 Å². The van der Waals surface area contributed by atoms with Gasteiger partial charge < -0.3 is 10.2 Å². The number of azo groups is 1. The van der Waals surface area contributed by atoms with Gasteiger partial charge in [-0.3, -0.25) is 0 Å². The van der Waals surface area contributed by atoms with Crippen LogP contribution in [-0.4, -0.2) is 20.2 Å². The number of nitrogens with zero attached hydrogens (tertiary/aromatic N) is 4. The van der Waals surface area contributed by atoms with Crippen LogP contribution in [0, 0.1) is 0 Å². The average Bonchev–Trinajstić information content (AvgIpc) is 2.62. The van der Waals surface area contributed by atoms with Gasteiger partial charge in [0.1, 0.15) is 17.2 Å². The van der Waals surface area contributed by atoms with Gasteiger partial charge in [0.2, 0.25) is 0 Å². The first kappa shape index (κ1) is 16.5. The Morgan fingerprint density at radius 2 is 1.50 bits per heavy atom. The summed E-state index contributed by atoms with van der Waals surface area (Å²) in [5.74, 6) is 0.0364. The second-order valence-corrected chi connectivity index (χ2v) is 6.23. The standard InChI is InChI=1S/C18H10Cl2N4O2/c19-17-18(20)22-14-7-10(3-5-13(14)21-17)23-24-16-12-8-11(25)4-1-9(12)2-6-15(16)26/h1-8,25-26H.